The van der Waals surface area contributed by atoms with E-state index in [0.29, 0.717) is 11.8 Å². The van der Waals surface area contributed by atoms with Gasteiger partial charge in [-0.2, -0.15) is 0 Å². The molecule has 3 fully saturated rings. The number of aliphatic hydroxyl groups excluding tert-OH is 1. The molecule has 28 heavy (non-hydrogen) atoms. The maximum absolute atomic E-state index is 10.8. The van der Waals surface area contributed by atoms with E-state index >= 15 is 0 Å². The van der Waals surface area contributed by atoms with Gasteiger partial charge in [0.1, 0.15) is 5.01 Å². The molecule has 1 aliphatic heterocycles. The Balaban J connectivity index is 1.24. The summed E-state index contributed by atoms with van der Waals surface area (Å²) in [4.78, 5) is 2.35. The Bertz CT molecular complexity index is 800. The second-order valence-electron chi connectivity index (χ2n) is 9.03. The van der Waals surface area contributed by atoms with Crippen molar-refractivity contribution in [3.63, 3.8) is 0 Å². The van der Waals surface area contributed by atoms with Crippen LogP contribution in [0.15, 0.2) is 6.20 Å². The molecule has 3 heterocycles. The third-order valence-electron chi connectivity index (χ3n) is 7.02. The van der Waals surface area contributed by atoms with Gasteiger partial charge in [0.15, 0.2) is 0 Å². The summed E-state index contributed by atoms with van der Waals surface area (Å²) in [5.41, 5.74) is 1.10. The predicted molar refractivity (Wildman–Crippen MR) is 108 cm³/mol. The molecular formula is C20H30N6OS. The van der Waals surface area contributed by atoms with Gasteiger partial charge in [-0.25, -0.2) is 4.68 Å². The monoisotopic (exact) mass is 402 g/mol. The van der Waals surface area contributed by atoms with E-state index in [-0.39, 0.29) is 12.1 Å². The summed E-state index contributed by atoms with van der Waals surface area (Å²) in [5.74, 6) is 1.86. The third-order valence-corrected chi connectivity index (χ3v) is 7.91. The molecule has 2 aromatic heterocycles. The molecule has 0 unspecified atom stereocenters. The smallest absolute Gasteiger partial charge is 0.208 e. The fourth-order valence-corrected chi connectivity index (χ4v) is 6.22. The van der Waals surface area contributed by atoms with E-state index in [1.807, 2.05) is 11.6 Å². The van der Waals surface area contributed by atoms with E-state index in [0.717, 1.165) is 54.1 Å². The largest absolute Gasteiger partial charge is 0.391 e. The number of aromatic nitrogens is 5. The van der Waals surface area contributed by atoms with Gasteiger partial charge in [0.05, 0.1) is 17.8 Å². The minimum atomic E-state index is -0.346. The highest BCUT2D eigenvalue weighted by molar-refractivity contribution is 7.15. The van der Waals surface area contributed by atoms with E-state index in [9.17, 15) is 5.11 Å². The number of anilines is 1. The molecule has 1 saturated heterocycles. The van der Waals surface area contributed by atoms with E-state index in [4.69, 9.17) is 0 Å². The molecule has 0 bridgehead atoms. The van der Waals surface area contributed by atoms with E-state index < -0.39 is 0 Å². The Hall–Kier alpha value is -1.54. The molecule has 4 atom stereocenters. The fraction of sp³-hybridized carbons (Fsp3) is 0.800. The Kier molecular flexibility index (Phi) is 5.09. The Morgan fingerprint density at radius 2 is 1.86 bits per heavy atom. The van der Waals surface area contributed by atoms with Crippen molar-refractivity contribution in [2.24, 2.45) is 17.8 Å². The number of nitrogens with zero attached hydrogens (tertiary/aromatic N) is 6. The van der Waals surface area contributed by atoms with E-state index in [2.05, 4.69) is 31.6 Å². The highest BCUT2D eigenvalue weighted by atomic mass is 32.1. The SMILES string of the molecule is Cc1nnc(N2C[C@H]3C[C@@H](n4cc(CC5CCCCC5)nn4)[C@H](O)C[C@H]3C2)s1. The Labute approximate surface area is 170 Å². The van der Waals surface area contributed by atoms with Crippen LogP contribution in [0, 0.1) is 24.7 Å². The van der Waals surface area contributed by atoms with Gasteiger partial charge in [-0.3, -0.25) is 0 Å². The van der Waals surface area contributed by atoms with Gasteiger partial charge >= 0.3 is 0 Å². The first-order valence-corrected chi connectivity index (χ1v) is 11.6. The topological polar surface area (TPSA) is 80.0 Å². The second kappa shape index (κ2) is 7.71. The van der Waals surface area contributed by atoms with Crippen LogP contribution in [0.1, 0.15) is 61.7 Å². The van der Waals surface area contributed by atoms with Gasteiger partial charge in [0.2, 0.25) is 5.13 Å². The van der Waals surface area contributed by atoms with Crippen LogP contribution in [0.3, 0.4) is 0 Å². The maximum Gasteiger partial charge on any atom is 0.208 e. The summed E-state index contributed by atoms with van der Waals surface area (Å²) in [6.45, 7) is 3.99. The lowest BCUT2D eigenvalue weighted by Crippen LogP contribution is -2.36. The Morgan fingerprint density at radius 1 is 1.07 bits per heavy atom. The molecular weight excluding hydrogens is 372 g/mol. The molecule has 3 aliphatic rings. The number of hydrogen-bond donors (Lipinski definition) is 1. The average Bonchev–Trinajstić information content (AvgIpc) is 3.41. The number of aliphatic hydroxyl groups is 1. The van der Waals surface area contributed by atoms with E-state index in [1.165, 1.54) is 32.1 Å². The summed E-state index contributed by atoms with van der Waals surface area (Å²) in [7, 11) is 0. The number of fused-ring (bicyclic) bond motifs is 1. The normalized spacial score (nSPS) is 31.3. The van der Waals surface area contributed by atoms with Gasteiger partial charge in [0, 0.05) is 19.3 Å². The molecule has 2 saturated carbocycles. The summed E-state index contributed by atoms with van der Waals surface area (Å²) < 4.78 is 1.96. The molecule has 152 valence electrons. The third kappa shape index (κ3) is 3.68. The molecule has 0 aromatic carbocycles. The van der Waals surface area contributed by atoms with Crippen molar-refractivity contribution < 1.29 is 5.11 Å². The Morgan fingerprint density at radius 3 is 2.61 bits per heavy atom. The minimum Gasteiger partial charge on any atom is -0.391 e. The standard InChI is InChI=1S/C20H30N6OS/c1-13-21-23-20(28-13)25-10-15-8-18(19(27)9-16(15)11-25)26-12-17(22-24-26)7-14-5-3-2-4-6-14/h12,14-16,18-19,27H,2-11H2,1H3/t15-,16+,18-,19-/m1/s1. The lowest BCUT2D eigenvalue weighted by Gasteiger charge is -2.34. The molecule has 2 aromatic rings. The zero-order valence-corrected chi connectivity index (χ0v) is 17.4. The van der Waals surface area contributed by atoms with Crippen LogP contribution in [-0.4, -0.2) is 49.5 Å². The molecule has 1 N–H and O–H groups in total. The molecule has 0 amide bonds. The second-order valence-corrected chi connectivity index (χ2v) is 10.2. The van der Waals surface area contributed by atoms with Crippen LogP contribution >= 0.6 is 11.3 Å². The highest BCUT2D eigenvalue weighted by Crippen LogP contribution is 2.42. The van der Waals surface area contributed by atoms with Crippen molar-refractivity contribution in [1.29, 1.82) is 0 Å². The molecule has 2 aliphatic carbocycles. The van der Waals surface area contributed by atoms with Gasteiger partial charge < -0.3 is 10.0 Å². The number of aryl methyl sites for hydroxylation is 1. The van der Waals surface area contributed by atoms with Gasteiger partial charge in [-0.05, 0) is 43.9 Å². The predicted octanol–water partition coefficient (Wildman–Crippen LogP) is 3.01. The summed E-state index contributed by atoms with van der Waals surface area (Å²) in [6.07, 6.45) is 11.3. The minimum absolute atomic E-state index is 0.0463. The summed E-state index contributed by atoms with van der Waals surface area (Å²) in [6, 6.07) is 0.0463. The summed E-state index contributed by atoms with van der Waals surface area (Å²) >= 11 is 1.66. The lowest BCUT2D eigenvalue weighted by molar-refractivity contribution is 0.0298. The highest BCUT2D eigenvalue weighted by Gasteiger charge is 2.43. The van der Waals surface area contributed by atoms with Crippen LogP contribution in [-0.2, 0) is 6.42 Å². The maximum atomic E-state index is 10.8. The van der Waals surface area contributed by atoms with Gasteiger partial charge in [-0.1, -0.05) is 48.7 Å². The van der Waals surface area contributed by atoms with Crippen molar-refractivity contribution in [3.05, 3.63) is 16.9 Å². The van der Waals surface area contributed by atoms with Crippen LogP contribution < -0.4 is 4.90 Å². The van der Waals surface area contributed by atoms with Crippen LogP contribution in [0.5, 0.6) is 0 Å². The first-order chi connectivity index (χ1) is 13.7. The zero-order valence-electron chi connectivity index (χ0n) is 16.6. The number of rotatable bonds is 4. The molecule has 0 spiro atoms. The van der Waals surface area contributed by atoms with Crippen LogP contribution in [0.4, 0.5) is 5.13 Å². The van der Waals surface area contributed by atoms with Gasteiger partial charge in [-0.15, -0.1) is 15.3 Å². The van der Waals surface area contributed by atoms with Crippen LogP contribution in [0.2, 0.25) is 0 Å². The van der Waals surface area contributed by atoms with Crippen LogP contribution in [0.25, 0.3) is 0 Å². The fourth-order valence-electron chi connectivity index (χ4n) is 5.52. The van der Waals surface area contributed by atoms with Crippen molar-refractivity contribution in [2.75, 3.05) is 18.0 Å². The van der Waals surface area contributed by atoms with Crippen molar-refractivity contribution in [1.82, 2.24) is 25.2 Å². The lowest BCUT2D eigenvalue weighted by atomic mass is 9.77. The number of hydrogen-bond acceptors (Lipinski definition) is 7. The molecule has 0 radical (unpaired) electrons. The van der Waals surface area contributed by atoms with Gasteiger partial charge in [0.25, 0.3) is 0 Å². The first-order valence-electron chi connectivity index (χ1n) is 10.8. The average molecular weight is 403 g/mol. The van der Waals surface area contributed by atoms with E-state index in [1.54, 1.807) is 11.3 Å². The molecule has 8 heteroatoms. The first kappa shape index (κ1) is 18.5. The molecule has 7 nitrogen and oxygen atoms in total. The van der Waals surface area contributed by atoms with Crippen molar-refractivity contribution >= 4 is 16.5 Å². The van der Waals surface area contributed by atoms with Crippen molar-refractivity contribution in [2.45, 2.75) is 70.4 Å². The zero-order chi connectivity index (χ0) is 19.1. The molecule has 5 rings (SSSR count). The summed E-state index contributed by atoms with van der Waals surface area (Å²) in [5, 5.41) is 30.2. The van der Waals surface area contributed by atoms with Crippen molar-refractivity contribution in [3.8, 4) is 0 Å². The quantitative estimate of drug-likeness (QED) is 0.847.